The molecule has 2 saturated heterocycles. The van der Waals surface area contributed by atoms with E-state index in [9.17, 15) is 4.39 Å². The maximum atomic E-state index is 13.2. The average molecular weight is 290 g/mol. The Morgan fingerprint density at radius 3 is 2.29 bits per heavy atom. The third kappa shape index (κ3) is 3.14. The van der Waals surface area contributed by atoms with Gasteiger partial charge < -0.3 is 5.32 Å². The molecule has 1 aromatic carbocycles. The van der Waals surface area contributed by atoms with E-state index in [1.54, 1.807) is 12.1 Å². The first-order valence-electron chi connectivity index (χ1n) is 8.48. The fourth-order valence-electron chi connectivity index (χ4n) is 4.38. The zero-order chi connectivity index (χ0) is 14.8. The molecule has 0 spiro atoms. The smallest absolute Gasteiger partial charge is 0.123 e. The van der Waals surface area contributed by atoms with Gasteiger partial charge in [0.15, 0.2) is 0 Å². The SMILES string of the molecule is CCC(c1ccc(F)cc1)N(CC)C1CC2CCC(C1)N2. The molecule has 0 aliphatic carbocycles. The van der Waals surface area contributed by atoms with Crippen molar-refractivity contribution in [2.24, 2.45) is 0 Å². The van der Waals surface area contributed by atoms with Crippen LogP contribution in [0.5, 0.6) is 0 Å². The molecule has 3 unspecified atom stereocenters. The van der Waals surface area contributed by atoms with Crippen molar-refractivity contribution in [1.29, 1.82) is 0 Å². The molecular weight excluding hydrogens is 263 g/mol. The minimum absolute atomic E-state index is 0.142. The van der Waals surface area contributed by atoms with Crippen LogP contribution in [0.4, 0.5) is 4.39 Å². The van der Waals surface area contributed by atoms with Crippen LogP contribution in [0, 0.1) is 5.82 Å². The number of hydrogen-bond acceptors (Lipinski definition) is 2. The highest BCUT2D eigenvalue weighted by atomic mass is 19.1. The zero-order valence-electron chi connectivity index (χ0n) is 13.2. The molecule has 1 N–H and O–H groups in total. The van der Waals surface area contributed by atoms with Crippen molar-refractivity contribution in [3.8, 4) is 0 Å². The Labute approximate surface area is 127 Å². The van der Waals surface area contributed by atoms with Crippen LogP contribution in [0.1, 0.15) is 57.6 Å². The molecule has 0 radical (unpaired) electrons. The second-order valence-corrected chi connectivity index (χ2v) is 6.57. The van der Waals surface area contributed by atoms with Crippen LogP contribution in [0.15, 0.2) is 24.3 Å². The van der Waals surface area contributed by atoms with Gasteiger partial charge in [-0.1, -0.05) is 26.0 Å². The quantitative estimate of drug-likeness (QED) is 0.885. The van der Waals surface area contributed by atoms with Crippen LogP contribution in [-0.2, 0) is 0 Å². The van der Waals surface area contributed by atoms with Gasteiger partial charge in [0.25, 0.3) is 0 Å². The molecule has 2 aliphatic heterocycles. The summed E-state index contributed by atoms with van der Waals surface area (Å²) >= 11 is 0. The Kier molecular flexibility index (Phi) is 4.60. The van der Waals surface area contributed by atoms with Crippen LogP contribution < -0.4 is 5.32 Å². The highest BCUT2D eigenvalue weighted by Crippen LogP contribution is 2.35. The van der Waals surface area contributed by atoms with E-state index in [0.717, 1.165) is 13.0 Å². The summed E-state index contributed by atoms with van der Waals surface area (Å²) in [6.45, 7) is 5.57. The number of nitrogens with zero attached hydrogens (tertiary/aromatic N) is 1. The summed E-state index contributed by atoms with van der Waals surface area (Å²) < 4.78 is 13.2. The molecule has 3 heteroatoms. The second-order valence-electron chi connectivity index (χ2n) is 6.57. The van der Waals surface area contributed by atoms with Gasteiger partial charge in [0.1, 0.15) is 5.82 Å². The summed E-state index contributed by atoms with van der Waals surface area (Å²) in [5.74, 6) is -0.142. The van der Waals surface area contributed by atoms with Gasteiger partial charge in [-0.05, 0) is 56.3 Å². The number of halogens is 1. The van der Waals surface area contributed by atoms with Crippen molar-refractivity contribution >= 4 is 0 Å². The zero-order valence-corrected chi connectivity index (χ0v) is 13.2. The molecule has 2 fully saturated rings. The molecule has 2 bridgehead atoms. The maximum absolute atomic E-state index is 13.2. The Balaban J connectivity index is 1.78. The summed E-state index contributed by atoms with van der Waals surface area (Å²) in [7, 11) is 0. The van der Waals surface area contributed by atoms with Crippen molar-refractivity contribution in [3.05, 3.63) is 35.6 Å². The van der Waals surface area contributed by atoms with Crippen molar-refractivity contribution < 1.29 is 4.39 Å². The first-order valence-corrected chi connectivity index (χ1v) is 8.48. The molecule has 21 heavy (non-hydrogen) atoms. The Morgan fingerprint density at radius 1 is 1.14 bits per heavy atom. The second kappa shape index (κ2) is 6.45. The lowest BCUT2D eigenvalue weighted by atomic mass is 9.93. The average Bonchev–Trinajstić information content (AvgIpc) is 2.84. The van der Waals surface area contributed by atoms with Gasteiger partial charge >= 0.3 is 0 Å². The van der Waals surface area contributed by atoms with Gasteiger partial charge in [-0.2, -0.15) is 0 Å². The standard InChI is InChI=1S/C18H27FN2/c1-3-18(13-5-7-14(19)8-6-13)21(4-2)17-11-15-9-10-16(12-17)20-15/h5-8,15-18,20H,3-4,9-12H2,1-2H3. The molecule has 0 saturated carbocycles. The van der Waals surface area contributed by atoms with E-state index in [2.05, 4.69) is 24.1 Å². The van der Waals surface area contributed by atoms with Crippen LogP contribution in [0.2, 0.25) is 0 Å². The van der Waals surface area contributed by atoms with Gasteiger partial charge in [-0.3, -0.25) is 4.90 Å². The third-order valence-corrected chi connectivity index (χ3v) is 5.32. The van der Waals surface area contributed by atoms with E-state index in [1.165, 1.54) is 31.2 Å². The first kappa shape index (κ1) is 15.0. The summed E-state index contributed by atoms with van der Waals surface area (Å²) in [5, 5.41) is 3.73. The van der Waals surface area contributed by atoms with Crippen LogP contribution in [0.3, 0.4) is 0 Å². The van der Waals surface area contributed by atoms with Gasteiger partial charge in [0.05, 0.1) is 0 Å². The number of rotatable bonds is 5. The van der Waals surface area contributed by atoms with E-state index in [0.29, 0.717) is 24.2 Å². The number of benzene rings is 1. The predicted molar refractivity (Wildman–Crippen MR) is 84.8 cm³/mol. The number of nitrogens with one attached hydrogen (secondary N) is 1. The Bertz CT molecular complexity index is 447. The van der Waals surface area contributed by atoms with Crippen molar-refractivity contribution in [1.82, 2.24) is 10.2 Å². The number of hydrogen-bond donors (Lipinski definition) is 1. The van der Waals surface area contributed by atoms with Crippen LogP contribution >= 0.6 is 0 Å². The molecule has 2 nitrogen and oxygen atoms in total. The molecule has 3 rings (SSSR count). The molecule has 2 aliphatic rings. The number of fused-ring (bicyclic) bond motifs is 2. The van der Waals surface area contributed by atoms with Gasteiger partial charge in [-0.15, -0.1) is 0 Å². The lowest BCUT2D eigenvalue weighted by Gasteiger charge is -2.41. The molecule has 116 valence electrons. The van der Waals surface area contributed by atoms with Gasteiger partial charge in [0, 0.05) is 24.2 Å². The minimum atomic E-state index is -0.142. The molecule has 0 amide bonds. The molecule has 3 atom stereocenters. The fourth-order valence-corrected chi connectivity index (χ4v) is 4.38. The van der Waals surface area contributed by atoms with Crippen molar-refractivity contribution in [2.45, 2.75) is 70.1 Å². The maximum Gasteiger partial charge on any atom is 0.123 e. The van der Waals surface area contributed by atoms with E-state index in [4.69, 9.17) is 0 Å². The van der Waals surface area contributed by atoms with Crippen LogP contribution in [-0.4, -0.2) is 29.6 Å². The van der Waals surface area contributed by atoms with E-state index >= 15 is 0 Å². The lowest BCUT2D eigenvalue weighted by Crippen LogP contribution is -2.49. The van der Waals surface area contributed by atoms with Gasteiger partial charge in [-0.25, -0.2) is 4.39 Å². The first-order chi connectivity index (χ1) is 10.2. The Hall–Kier alpha value is -0.930. The summed E-state index contributed by atoms with van der Waals surface area (Å²) in [6.07, 6.45) is 6.29. The van der Waals surface area contributed by atoms with Crippen LogP contribution in [0.25, 0.3) is 0 Å². The van der Waals surface area contributed by atoms with E-state index in [1.807, 2.05) is 12.1 Å². The minimum Gasteiger partial charge on any atom is -0.311 e. The summed E-state index contributed by atoms with van der Waals surface area (Å²) in [6, 6.07) is 9.63. The fraction of sp³-hybridized carbons (Fsp3) is 0.667. The lowest BCUT2D eigenvalue weighted by molar-refractivity contribution is 0.0966. The molecular formula is C18H27FN2. The van der Waals surface area contributed by atoms with Crippen molar-refractivity contribution in [3.63, 3.8) is 0 Å². The molecule has 0 aromatic heterocycles. The summed E-state index contributed by atoms with van der Waals surface area (Å²) in [5.41, 5.74) is 1.26. The van der Waals surface area contributed by atoms with Crippen molar-refractivity contribution in [2.75, 3.05) is 6.54 Å². The topological polar surface area (TPSA) is 15.3 Å². The number of piperidine rings is 1. The Morgan fingerprint density at radius 2 is 1.76 bits per heavy atom. The molecule has 1 aromatic rings. The normalized spacial score (nSPS) is 29.8. The highest BCUT2D eigenvalue weighted by molar-refractivity contribution is 5.20. The van der Waals surface area contributed by atoms with E-state index < -0.39 is 0 Å². The largest absolute Gasteiger partial charge is 0.311 e. The third-order valence-electron chi connectivity index (χ3n) is 5.32. The summed E-state index contributed by atoms with van der Waals surface area (Å²) in [4.78, 5) is 2.65. The predicted octanol–water partition coefficient (Wildman–Crippen LogP) is 3.88. The van der Waals surface area contributed by atoms with Gasteiger partial charge in [0.2, 0.25) is 0 Å². The monoisotopic (exact) mass is 290 g/mol. The highest BCUT2D eigenvalue weighted by Gasteiger charge is 2.37. The van der Waals surface area contributed by atoms with E-state index in [-0.39, 0.29) is 5.82 Å². The molecule has 2 heterocycles.